The highest BCUT2D eigenvalue weighted by atomic mass is 35.5. The summed E-state index contributed by atoms with van der Waals surface area (Å²) in [5.41, 5.74) is 1.34. The summed E-state index contributed by atoms with van der Waals surface area (Å²) in [6.45, 7) is 1.78. The van der Waals surface area contributed by atoms with Gasteiger partial charge in [-0.25, -0.2) is 0 Å². The van der Waals surface area contributed by atoms with Gasteiger partial charge in [-0.3, -0.25) is 4.79 Å². The largest absolute Gasteiger partial charge is 0.341 e. The topological polar surface area (TPSA) is 68.0 Å². The summed E-state index contributed by atoms with van der Waals surface area (Å²) >= 11 is 5.89. The first-order valence-electron chi connectivity index (χ1n) is 7.09. The Morgan fingerprint density at radius 3 is 2.70 bits per heavy atom. The summed E-state index contributed by atoms with van der Waals surface area (Å²) in [4.78, 5) is 16.5. The molecule has 0 saturated carbocycles. The maximum absolute atomic E-state index is 12.2. The lowest BCUT2D eigenvalue weighted by molar-refractivity contribution is 0.0932. The smallest absolute Gasteiger partial charge is 0.251 e. The number of nitrogens with zero attached hydrogens (tertiary/aromatic N) is 2. The number of carbonyl (C=O) groups excluding carboxylic acids is 1. The maximum atomic E-state index is 12.2. The molecule has 0 unspecified atom stereocenters. The first kappa shape index (κ1) is 15.2. The molecule has 6 heteroatoms. The number of benzene rings is 2. The van der Waals surface area contributed by atoms with Gasteiger partial charge in [0.25, 0.3) is 5.91 Å². The number of aromatic nitrogens is 2. The van der Waals surface area contributed by atoms with Crippen LogP contribution in [0.1, 0.15) is 29.2 Å². The second-order valence-electron chi connectivity index (χ2n) is 5.03. The van der Waals surface area contributed by atoms with E-state index in [0.717, 1.165) is 5.56 Å². The first-order valence-corrected chi connectivity index (χ1v) is 7.47. The molecule has 0 bridgehead atoms. The Labute approximate surface area is 138 Å². The molecule has 0 aliphatic carbocycles. The lowest BCUT2D eigenvalue weighted by atomic mass is 10.2. The number of rotatable bonds is 4. The monoisotopic (exact) mass is 327 g/mol. The van der Waals surface area contributed by atoms with Crippen molar-refractivity contribution in [3.8, 4) is 11.4 Å². The van der Waals surface area contributed by atoms with E-state index in [1.165, 1.54) is 0 Å². The Hall–Kier alpha value is -2.66. The van der Waals surface area contributed by atoms with Gasteiger partial charge < -0.3 is 9.84 Å². The fourth-order valence-electron chi connectivity index (χ4n) is 2.09. The zero-order chi connectivity index (χ0) is 16.2. The molecular formula is C17H14ClN3O2. The summed E-state index contributed by atoms with van der Waals surface area (Å²) < 4.78 is 5.24. The molecule has 0 aliphatic rings. The van der Waals surface area contributed by atoms with E-state index in [4.69, 9.17) is 16.1 Å². The Bertz CT molecular complexity index is 817. The van der Waals surface area contributed by atoms with Crippen LogP contribution in [-0.2, 0) is 0 Å². The molecule has 0 fully saturated rings. The van der Waals surface area contributed by atoms with Crippen molar-refractivity contribution in [1.29, 1.82) is 0 Å². The van der Waals surface area contributed by atoms with Crippen LogP contribution in [0.5, 0.6) is 0 Å². The van der Waals surface area contributed by atoms with Gasteiger partial charge in [0.05, 0.1) is 0 Å². The Balaban J connectivity index is 1.73. The van der Waals surface area contributed by atoms with E-state index in [2.05, 4.69) is 15.5 Å². The van der Waals surface area contributed by atoms with Crippen LogP contribution in [0.25, 0.3) is 11.4 Å². The van der Waals surface area contributed by atoms with Crippen molar-refractivity contribution in [3.63, 3.8) is 0 Å². The molecule has 0 saturated heterocycles. The molecule has 0 radical (unpaired) electrons. The standard InChI is InChI=1S/C17H14ClN3O2/c1-11(19-16(22)13-8-5-9-14(18)10-13)17-20-15(21-23-17)12-6-3-2-4-7-12/h2-11H,1H3,(H,19,22)/t11-/m1/s1. The van der Waals surface area contributed by atoms with Gasteiger partial charge in [-0.2, -0.15) is 4.98 Å². The van der Waals surface area contributed by atoms with Gasteiger partial charge >= 0.3 is 0 Å². The second kappa shape index (κ2) is 6.62. The van der Waals surface area contributed by atoms with Crippen molar-refractivity contribution < 1.29 is 9.32 Å². The summed E-state index contributed by atoms with van der Waals surface area (Å²) in [5.74, 6) is 0.586. The molecule has 0 aliphatic heterocycles. The number of halogens is 1. The van der Waals surface area contributed by atoms with E-state index < -0.39 is 6.04 Å². The molecule has 1 aromatic heterocycles. The highest BCUT2D eigenvalue weighted by Crippen LogP contribution is 2.19. The van der Waals surface area contributed by atoms with Crippen molar-refractivity contribution in [2.75, 3.05) is 0 Å². The van der Waals surface area contributed by atoms with Crippen LogP contribution in [0.4, 0.5) is 0 Å². The summed E-state index contributed by atoms with van der Waals surface area (Å²) in [6, 6.07) is 15.8. The quantitative estimate of drug-likeness (QED) is 0.789. The average molecular weight is 328 g/mol. The molecule has 5 nitrogen and oxygen atoms in total. The van der Waals surface area contributed by atoms with E-state index in [-0.39, 0.29) is 5.91 Å². The van der Waals surface area contributed by atoms with E-state index in [1.807, 2.05) is 30.3 Å². The minimum absolute atomic E-state index is 0.250. The first-order chi connectivity index (χ1) is 11.1. The van der Waals surface area contributed by atoms with Gasteiger partial charge in [0.15, 0.2) is 0 Å². The van der Waals surface area contributed by atoms with Gasteiger partial charge in [0.2, 0.25) is 11.7 Å². The maximum Gasteiger partial charge on any atom is 0.251 e. The van der Waals surface area contributed by atoms with Gasteiger partial charge in [-0.05, 0) is 25.1 Å². The van der Waals surface area contributed by atoms with Crippen LogP contribution in [0, 0.1) is 0 Å². The molecule has 1 atom stereocenters. The van der Waals surface area contributed by atoms with Crippen LogP contribution >= 0.6 is 11.6 Å². The van der Waals surface area contributed by atoms with E-state index >= 15 is 0 Å². The highest BCUT2D eigenvalue weighted by Gasteiger charge is 2.18. The molecule has 3 rings (SSSR count). The number of amides is 1. The molecule has 1 amide bonds. The van der Waals surface area contributed by atoms with Gasteiger partial charge in [-0.15, -0.1) is 0 Å². The third-order valence-corrected chi connectivity index (χ3v) is 3.51. The number of nitrogens with one attached hydrogen (secondary N) is 1. The molecular weight excluding hydrogens is 314 g/mol. The van der Waals surface area contributed by atoms with Crippen molar-refractivity contribution >= 4 is 17.5 Å². The minimum atomic E-state index is -0.411. The SMILES string of the molecule is C[C@@H](NC(=O)c1cccc(Cl)c1)c1nc(-c2ccccc2)no1. The minimum Gasteiger partial charge on any atom is -0.341 e. The fraction of sp³-hybridized carbons (Fsp3) is 0.118. The van der Waals surface area contributed by atoms with Crippen LogP contribution in [0.3, 0.4) is 0 Å². The molecule has 1 heterocycles. The second-order valence-corrected chi connectivity index (χ2v) is 5.46. The normalized spacial score (nSPS) is 11.9. The number of carbonyl (C=O) groups is 1. The zero-order valence-corrected chi connectivity index (χ0v) is 13.1. The van der Waals surface area contributed by atoms with Crippen molar-refractivity contribution in [2.24, 2.45) is 0 Å². The molecule has 1 N–H and O–H groups in total. The highest BCUT2D eigenvalue weighted by molar-refractivity contribution is 6.30. The predicted octanol–water partition coefficient (Wildman–Crippen LogP) is 3.88. The Morgan fingerprint density at radius 1 is 1.17 bits per heavy atom. The average Bonchev–Trinajstić information content (AvgIpc) is 3.06. The lowest BCUT2D eigenvalue weighted by Crippen LogP contribution is -2.26. The fourth-order valence-corrected chi connectivity index (χ4v) is 2.28. The summed E-state index contributed by atoms with van der Waals surface area (Å²) in [7, 11) is 0. The zero-order valence-electron chi connectivity index (χ0n) is 12.4. The Morgan fingerprint density at radius 2 is 1.96 bits per heavy atom. The van der Waals surface area contributed by atoms with Crippen molar-refractivity contribution in [3.05, 3.63) is 71.1 Å². The molecule has 0 spiro atoms. The van der Waals surface area contributed by atoms with Crippen molar-refractivity contribution in [2.45, 2.75) is 13.0 Å². The number of hydrogen-bond donors (Lipinski definition) is 1. The van der Waals surface area contributed by atoms with Gasteiger partial charge in [-0.1, -0.05) is 53.2 Å². The summed E-state index contributed by atoms with van der Waals surface area (Å²) in [6.07, 6.45) is 0. The third kappa shape index (κ3) is 3.57. The summed E-state index contributed by atoms with van der Waals surface area (Å²) in [5, 5.41) is 7.26. The molecule has 23 heavy (non-hydrogen) atoms. The van der Waals surface area contributed by atoms with Crippen LogP contribution in [0.15, 0.2) is 59.1 Å². The van der Waals surface area contributed by atoms with E-state index in [9.17, 15) is 4.79 Å². The molecule has 3 aromatic rings. The predicted molar refractivity (Wildman–Crippen MR) is 87.1 cm³/mol. The van der Waals surface area contributed by atoms with E-state index in [1.54, 1.807) is 31.2 Å². The number of hydrogen-bond acceptors (Lipinski definition) is 4. The van der Waals surface area contributed by atoms with Crippen LogP contribution < -0.4 is 5.32 Å². The van der Waals surface area contributed by atoms with Gasteiger partial charge in [0, 0.05) is 16.1 Å². The molecule has 116 valence electrons. The molecule has 2 aromatic carbocycles. The van der Waals surface area contributed by atoms with Crippen molar-refractivity contribution in [1.82, 2.24) is 15.5 Å². The Kier molecular flexibility index (Phi) is 4.39. The van der Waals surface area contributed by atoms with E-state index in [0.29, 0.717) is 22.3 Å². The lowest BCUT2D eigenvalue weighted by Gasteiger charge is -2.09. The third-order valence-electron chi connectivity index (χ3n) is 3.28. The van der Waals surface area contributed by atoms with Crippen LogP contribution in [-0.4, -0.2) is 16.0 Å². The van der Waals surface area contributed by atoms with Gasteiger partial charge in [0.1, 0.15) is 6.04 Å². The van der Waals surface area contributed by atoms with Crippen LogP contribution in [0.2, 0.25) is 5.02 Å².